The Bertz CT molecular complexity index is 596. The summed E-state index contributed by atoms with van der Waals surface area (Å²) in [7, 11) is 1.95. The summed E-state index contributed by atoms with van der Waals surface area (Å²) in [5, 5.41) is 9.48. The zero-order valence-electron chi connectivity index (χ0n) is 12.7. The number of hydrogen-bond acceptors (Lipinski definition) is 5. The van der Waals surface area contributed by atoms with Crippen LogP contribution in [0.3, 0.4) is 0 Å². The molecule has 2 heterocycles. The van der Waals surface area contributed by atoms with E-state index in [0.29, 0.717) is 11.9 Å². The zero-order valence-corrected chi connectivity index (χ0v) is 14.3. The number of fused-ring (bicyclic) bond motifs is 1. The van der Waals surface area contributed by atoms with E-state index in [1.54, 1.807) is 0 Å². The first-order valence-electron chi connectivity index (χ1n) is 7.26. The van der Waals surface area contributed by atoms with Gasteiger partial charge in [0.25, 0.3) is 5.89 Å². The summed E-state index contributed by atoms with van der Waals surface area (Å²) >= 11 is 1.84. The first kappa shape index (κ1) is 16.5. The van der Waals surface area contributed by atoms with E-state index in [9.17, 15) is 0 Å². The standard InChI is InChI=1S/C15H21N3OS.ClH/c1-9-4-5-11-12(8-20-13(11)6-9)15-17-14(18-19-15)7-10(2)16-3;/h8-10,16H,4-7H2,1-3H3;1H. The molecule has 0 aromatic carbocycles. The number of nitrogens with zero attached hydrogens (tertiary/aromatic N) is 2. The number of likely N-dealkylation sites (N-methyl/N-ethyl adjacent to an activating group) is 1. The SMILES string of the molecule is CNC(C)Cc1noc(-c2csc3c2CCC(C)C3)n1.Cl. The van der Waals surface area contributed by atoms with Gasteiger partial charge in [-0.3, -0.25) is 0 Å². The normalized spacial score (nSPS) is 18.9. The highest BCUT2D eigenvalue weighted by Crippen LogP contribution is 2.37. The molecule has 116 valence electrons. The molecule has 21 heavy (non-hydrogen) atoms. The molecule has 0 fully saturated rings. The second-order valence-electron chi connectivity index (χ2n) is 5.81. The van der Waals surface area contributed by atoms with Gasteiger partial charge in [-0.05, 0) is 44.7 Å². The van der Waals surface area contributed by atoms with Crippen molar-refractivity contribution in [1.29, 1.82) is 0 Å². The Balaban J connectivity index is 0.00000161. The Kier molecular flexibility index (Phi) is 5.41. The van der Waals surface area contributed by atoms with Gasteiger partial charge < -0.3 is 9.84 Å². The summed E-state index contributed by atoms with van der Waals surface area (Å²) in [5.41, 5.74) is 2.60. The molecule has 0 aliphatic heterocycles. The molecule has 1 aliphatic carbocycles. The van der Waals surface area contributed by atoms with Crippen LogP contribution in [0.5, 0.6) is 0 Å². The monoisotopic (exact) mass is 327 g/mol. The summed E-state index contributed by atoms with van der Waals surface area (Å²) < 4.78 is 5.47. The summed E-state index contributed by atoms with van der Waals surface area (Å²) in [6.45, 7) is 4.44. The lowest BCUT2D eigenvalue weighted by Crippen LogP contribution is -2.24. The van der Waals surface area contributed by atoms with Gasteiger partial charge in [0, 0.05) is 22.7 Å². The van der Waals surface area contributed by atoms with E-state index in [0.717, 1.165) is 30.1 Å². The summed E-state index contributed by atoms with van der Waals surface area (Å²) in [6.07, 6.45) is 4.38. The van der Waals surface area contributed by atoms with Crippen LogP contribution < -0.4 is 5.32 Å². The molecule has 3 rings (SSSR count). The molecular weight excluding hydrogens is 306 g/mol. The van der Waals surface area contributed by atoms with Gasteiger partial charge in [0.05, 0.1) is 5.56 Å². The highest BCUT2D eigenvalue weighted by atomic mass is 35.5. The average molecular weight is 328 g/mol. The molecule has 2 aromatic heterocycles. The van der Waals surface area contributed by atoms with Crippen molar-refractivity contribution < 1.29 is 4.52 Å². The summed E-state index contributed by atoms with van der Waals surface area (Å²) in [4.78, 5) is 6.06. The molecule has 0 radical (unpaired) electrons. The molecule has 0 saturated carbocycles. The van der Waals surface area contributed by atoms with E-state index in [4.69, 9.17) is 4.52 Å². The van der Waals surface area contributed by atoms with E-state index in [-0.39, 0.29) is 12.4 Å². The van der Waals surface area contributed by atoms with Crippen molar-refractivity contribution in [3.8, 4) is 11.5 Å². The van der Waals surface area contributed by atoms with E-state index in [2.05, 4.69) is 34.7 Å². The van der Waals surface area contributed by atoms with Crippen LogP contribution in [0.4, 0.5) is 0 Å². The highest BCUT2D eigenvalue weighted by Gasteiger charge is 2.23. The van der Waals surface area contributed by atoms with Gasteiger partial charge in [0.1, 0.15) is 0 Å². The van der Waals surface area contributed by atoms with Gasteiger partial charge in [-0.1, -0.05) is 12.1 Å². The number of halogens is 1. The third kappa shape index (κ3) is 3.47. The van der Waals surface area contributed by atoms with Crippen molar-refractivity contribution >= 4 is 23.7 Å². The fraction of sp³-hybridized carbons (Fsp3) is 0.600. The van der Waals surface area contributed by atoms with Crippen LogP contribution in [0.15, 0.2) is 9.90 Å². The second kappa shape index (κ2) is 6.90. The minimum atomic E-state index is 0. The van der Waals surface area contributed by atoms with Crippen LogP contribution in [-0.2, 0) is 19.3 Å². The van der Waals surface area contributed by atoms with Crippen LogP contribution in [0.1, 0.15) is 36.5 Å². The van der Waals surface area contributed by atoms with Crippen LogP contribution in [-0.4, -0.2) is 23.2 Å². The molecule has 4 nitrogen and oxygen atoms in total. The number of thiophene rings is 1. The first-order chi connectivity index (χ1) is 9.67. The fourth-order valence-electron chi connectivity index (χ4n) is 2.68. The van der Waals surface area contributed by atoms with E-state index in [1.807, 2.05) is 18.4 Å². The Hall–Kier alpha value is -0.910. The van der Waals surface area contributed by atoms with Gasteiger partial charge in [0.15, 0.2) is 5.82 Å². The van der Waals surface area contributed by atoms with Gasteiger partial charge in [-0.25, -0.2) is 0 Å². The second-order valence-corrected chi connectivity index (χ2v) is 6.77. The van der Waals surface area contributed by atoms with Crippen LogP contribution in [0.2, 0.25) is 0 Å². The van der Waals surface area contributed by atoms with Crippen molar-refractivity contribution in [3.05, 3.63) is 21.6 Å². The predicted octanol–water partition coefficient (Wildman–Crippen LogP) is 3.50. The van der Waals surface area contributed by atoms with Crippen molar-refractivity contribution in [2.75, 3.05) is 7.05 Å². The average Bonchev–Trinajstić information content (AvgIpc) is 3.04. The number of hydrogen-bond donors (Lipinski definition) is 1. The Morgan fingerprint density at radius 2 is 2.33 bits per heavy atom. The molecule has 0 bridgehead atoms. The number of nitrogens with one attached hydrogen (secondary N) is 1. The zero-order chi connectivity index (χ0) is 14.1. The van der Waals surface area contributed by atoms with Gasteiger partial charge in [-0.2, -0.15) is 4.98 Å². The minimum absolute atomic E-state index is 0. The van der Waals surface area contributed by atoms with Crippen LogP contribution in [0.25, 0.3) is 11.5 Å². The maximum absolute atomic E-state index is 5.47. The van der Waals surface area contributed by atoms with Gasteiger partial charge in [0.2, 0.25) is 0 Å². The fourth-order valence-corrected chi connectivity index (χ4v) is 3.92. The molecule has 0 amide bonds. The Morgan fingerprint density at radius 1 is 1.52 bits per heavy atom. The topological polar surface area (TPSA) is 51.0 Å². The van der Waals surface area contributed by atoms with Gasteiger partial charge >= 0.3 is 0 Å². The Labute approximate surface area is 135 Å². The third-order valence-electron chi connectivity index (χ3n) is 4.08. The van der Waals surface area contributed by atoms with Crippen LogP contribution in [0, 0.1) is 5.92 Å². The molecule has 2 unspecified atom stereocenters. The van der Waals surface area contributed by atoms with E-state index in [1.165, 1.54) is 23.3 Å². The lowest BCUT2D eigenvalue weighted by molar-refractivity contribution is 0.417. The van der Waals surface area contributed by atoms with Crippen molar-refractivity contribution in [3.63, 3.8) is 0 Å². The van der Waals surface area contributed by atoms with E-state index >= 15 is 0 Å². The Morgan fingerprint density at radius 3 is 3.10 bits per heavy atom. The largest absolute Gasteiger partial charge is 0.334 e. The minimum Gasteiger partial charge on any atom is -0.334 e. The van der Waals surface area contributed by atoms with Crippen molar-refractivity contribution in [1.82, 2.24) is 15.5 Å². The van der Waals surface area contributed by atoms with Gasteiger partial charge in [-0.15, -0.1) is 23.7 Å². The maximum Gasteiger partial charge on any atom is 0.259 e. The molecule has 2 atom stereocenters. The molecule has 6 heteroatoms. The van der Waals surface area contributed by atoms with E-state index < -0.39 is 0 Å². The lowest BCUT2D eigenvalue weighted by Gasteiger charge is -2.18. The number of aromatic nitrogens is 2. The third-order valence-corrected chi connectivity index (χ3v) is 5.13. The summed E-state index contributed by atoms with van der Waals surface area (Å²) in [5.74, 6) is 2.27. The molecule has 1 N–H and O–H groups in total. The lowest BCUT2D eigenvalue weighted by atomic mass is 9.88. The smallest absolute Gasteiger partial charge is 0.259 e. The maximum atomic E-state index is 5.47. The predicted molar refractivity (Wildman–Crippen MR) is 88.3 cm³/mol. The van der Waals surface area contributed by atoms with Crippen molar-refractivity contribution in [2.24, 2.45) is 5.92 Å². The van der Waals surface area contributed by atoms with Crippen LogP contribution >= 0.6 is 23.7 Å². The quantitative estimate of drug-likeness (QED) is 0.933. The molecule has 0 saturated heterocycles. The highest BCUT2D eigenvalue weighted by molar-refractivity contribution is 7.10. The van der Waals surface area contributed by atoms with Crippen molar-refractivity contribution in [2.45, 2.75) is 45.6 Å². The number of rotatable bonds is 4. The molecule has 2 aromatic rings. The molecular formula is C15H22ClN3OS. The summed E-state index contributed by atoms with van der Waals surface area (Å²) in [6, 6.07) is 0.359. The first-order valence-corrected chi connectivity index (χ1v) is 8.14. The molecule has 1 aliphatic rings. The molecule has 0 spiro atoms.